The third-order valence-corrected chi connectivity index (χ3v) is 7.31. The Morgan fingerprint density at radius 1 is 0.639 bits per heavy atom. The van der Waals surface area contributed by atoms with Crippen molar-refractivity contribution in [1.82, 2.24) is 10.4 Å². The number of aryl methyl sites for hydroxylation is 2. The number of nitrogens with one attached hydrogen (secondary N) is 1. The highest BCUT2D eigenvalue weighted by molar-refractivity contribution is 7.15. The smallest absolute Gasteiger partial charge is 0.228 e. The van der Waals surface area contributed by atoms with Gasteiger partial charge in [-0.15, -0.1) is 15.3 Å². The van der Waals surface area contributed by atoms with Crippen LogP contribution in [0.2, 0.25) is 0 Å². The second-order valence-corrected chi connectivity index (χ2v) is 9.78. The van der Waals surface area contributed by atoms with Crippen molar-refractivity contribution < 1.29 is 0 Å². The van der Waals surface area contributed by atoms with Gasteiger partial charge in [-0.2, -0.15) is 0 Å². The highest BCUT2D eigenvalue weighted by Gasteiger charge is 2.31. The molecule has 0 aliphatic carbocycles. The largest absolute Gasteiger partial charge is 0.256 e. The van der Waals surface area contributed by atoms with Gasteiger partial charge in [-0.05, 0) is 36.6 Å². The van der Waals surface area contributed by atoms with Crippen LogP contribution in [0.15, 0.2) is 114 Å². The minimum Gasteiger partial charge on any atom is -0.256 e. The molecule has 0 bridgehead atoms. The second-order valence-electron chi connectivity index (χ2n) is 8.59. The maximum absolute atomic E-state index is 5.13. The van der Waals surface area contributed by atoms with Gasteiger partial charge in [0.05, 0.1) is 11.4 Å². The first-order chi connectivity index (χ1) is 17.7. The van der Waals surface area contributed by atoms with Gasteiger partial charge in [0.15, 0.2) is 5.84 Å². The number of hydrogen-bond acceptors (Lipinski definition) is 6. The van der Waals surface area contributed by atoms with Crippen LogP contribution in [0.3, 0.4) is 0 Å². The number of thiazole rings is 1. The number of hydrazine groups is 2. The molecule has 176 valence electrons. The van der Waals surface area contributed by atoms with Crippen LogP contribution in [0.5, 0.6) is 0 Å². The lowest BCUT2D eigenvalue weighted by molar-refractivity contribution is 0.766. The van der Waals surface area contributed by atoms with Crippen LogP contribution in [0.4, 0.5) is 10.8 Å². The minimum absolute atomic E-state index is 0.767. The zero-order valence-electron chi connectivity index (χ0n) is 20.1. The van der Waals surface area contributed by atoms with E-state index in [1.54, 1.807) is 11.3 Å². The SMILES string of the molecule is Cc1nc(N2NC(c3ccccc3-c3ccccc3)=NN2c2ccccc2-c2ccccc2)sc1C. The van der Waals surface area contributed by atoms with Crippen molar-refractivity contribution in [2.45, 2.75) is 13.8 Å². The molecule has 0 spiro atoms. The van der Waals surface area contributed by atoms with Crippen LogP contribution in [0.25, 0.3) is 22.3 Å². The summed E-state index contributed by atoms with van der Waals surface area (Å²) in [6.07, 6.45) is 0. The van der Waals surface area contributed by atoms with Crippen LogP contribution in [-0.2, 0) is 0 Å². The standard InChI is InChI=1S/C30H25N5S/c1-21-22(2)36-30(31-21)35-33-29(27-19-10-9-17-25(27)23-13-5-3-6-14-23)32-34(35)28-20-12-11-18-26(28)24-15-7-4-8-16-24/h3-20H,1-2H3,(H,32,33). The van der Waals surface area contributed by atoms with Gasteiger partial charge >= 0.3 is 0 Å². The average molecular weight is 488 g/mol. The number of hydrogen-bond donors (Lipinski definition) is 1. The van der Waals surface area contributed by atoms with Gasteiger partial charge in [-0.3, -0.25) is 5.43 Å². The third-order valence-electron chi connectivity index (χ3n) is 6.27. The number of benzene rings is 4. The van der Waals surface area contributed by atoms with E-state index in [0.29, 0.717) is 0 Å². The first-order valence-electron chi connectivity index (χ1n) is 11.9. The molecule has 0 atom stereocenters. The minimum atomic E-state index is 0.767. The topological polar surface area (TPSA) is 43.8 Å². The molecule has 0 unspecified atom stereocenters. The fourth-order valence-electron chi connectivity index (χ4n) is 4.33. The van der Waals surface area contributed by atoms with E-state index in [9.17, 15) is 0 Å². The first kappa shape index (κ1) is 22.1. The van der Waals surface area contributed by atoms with Gasteiger partial charge in [0, 0.05) is 16.0 Å². The highest BCUT2D eigenvalue weighted by Crippen LogP contribution is 2.37. The van der Waals surface area contributed by atoms with Crippen LogP contribution in [0, 0.1) is 13.8 Å². The van der Waals surface area contributed by atoms with Gasteiger partial charge in [0.25, 0.3) is 0 Å². The molecular weight excluding hydrogens is 462 g/mol. The van der Waals surface area contributed by atoms with Crippen LogP contribution < -0.4 is 15.7 Å². The molecule has 6 rings (SSSR count). The van der Waals surface area contributed by atoms with E-state index >= 15 is 0 Å². The van der Waals surface area contributed by atoms with Crippen molar-refractivity contribution in [3.63, 3.8) is 0 Å². The molecule has 1 aromatic heterocycles. The molecule has 0 amide bonds. The molecule has 2 heterocycles. The highest BCUT2D eigenvalue weighted by atomic mass is 32.1. The van der Waals surface area contributed by atoms with E-state index in [-0.39, 0.29) is 0 Å². The lowest BCUT2D eigenvalue weighted by atomic mass is 9.99. The molecule has 5 nitrogen and oxygen atoms in total. The number of para-hydroxylation sites is 1. The third kappa shape index (κ3) is 4.01. The maximum Gasteiger partial charge on any atom is 0.228 e. The van der Waals surface area contributed by atoms with E-state index in [2.05, 4.69) is 103 Å². The van der Waals surface area contributed by atoms with Crippen molar-refractivity contribution in [3.05, 3.63) is 125 Å². The fraction of sp³-hybridized carbons (Fsp3) is 0.0667. The van der Waals surface area contributed by atoms with Crippen LogP contribution in [-0.4, -0.2) is 10.8 Å². The molecule has 0 saturated heterocycles. The van der Waals surface area contributed by atoms with E-state index in [4.69, 9.17) is 10.1 Å². The van der Waals surface area contributed by atoms with Crippen molar-refractivity contribution in [2.75, 3.05) is 10.2 Å². The average Bonchev–Trinajstić information content (AvgIpc) is 3.53. The molecule has 0 saturated carbocycles. The lowest BCUT2D eigenvalue weighted by Gasteiger charge is -2.27. The Morgan fingerprint density at radius 2 is 1.19 bits per heavy atom. The Bertz CT molecular complexity index is 1520. The van der Waals surface area contributed by atoms with Gasteiger partial charge in [0.1, 0.15) is 0 Å². The van der Waals surface area contributed by atoms with Crippen molar-refractivity contribution in [3.8, 4) is 22.3 Å². The number of anilines is 2. The number of nitrogens with zero attached hydrogens (tertiary/aromatic N) is 4. The summed E-state index contributed by atoms with van der Waals surface area (Å²) >= 11 is 1.65. The Labute approximate surface area is 214 Å². The van der Waals surface area contributed by atoms with Gasteiger partial charge < -0.3 is 0 Å². The van der Waals surface area contributed by atoms with E-state index in [1.807, 2.05) is 35.4 Å². The monoisotopic (exact) mass is 487 g/mol. The number of amidine groups is 1. The van der Waals surface area contributed by atoms with E-state index < -0.39 is 0 Å². The van der Waals surface area contributed by atoms with Crippen LogP contribution in [0.1, 0.15) is 16.1 Å². The zero-order chi connectivity index (χ0) is 24.5. The van der Waals surface area contributed by atoms with Crippen molar-refractivity contribution in [2.24, 2.45) is 5.10 Å². The molecule has 1 N–H and O–H groups in total. The van der Waals surface area contributed by atoms with Crippen LogP contribution >= 0.6 is 11.3 Å². The first-order valence-corrected chi connectivity index (χ1v) is 12.7. The van der Waals surface area contributed by atoms with E-state index in [0.717, 1.165) is 50.2 Å². The molecule has 0 fully saturated rings. The van der Waals surface area contributed by atoms with Gasteiger partial charge in [-0.1, -0.05) is 114 Å². The van der Waals surface area contributed by atoms with Crippen molar-refractivity contribution >= 4 is 28.0 Å². The van der Waals surface area contributed by atoms with E-state index in [1.165, 1.54) is 4.88 Å². The summed E-state index contributed by atoms with van der Waals surface area (Å²) in [4.78, 5) is 6.03. The summed E-state index contributed by atoms with van der Waals surface area (Å²) in [5, 5.41) is 9.84. The summed E-state index contributed by atoms with van der Waals surface area (Å²) in [7, 11) is 0. The molecule has 1 aliphatic rings. The summed E-state index contributed by atoms with van der Waals surface area (Å²) < 4.78 is 0. The predicted molar refractivity (Wildman–Crippen MR) is 150 cm³/mol. The Hall–Kier alpha value is -4.42. The summed E-state index contributed by atoms with van der Waals surface area (Å²) in [5.74, 6) is 0.767. The fourth-order valence-corrected chi connectivity index (χ4v) is 5.19. The second kappa shape index (κ2) is 9.32. The number of hydrazone groups is 1. The Kier molecular flexibility index (Phi) is 5.71. The normalized spacial score (nSPS) is 13.0. The summed E-state index contributed by atoms with van der Waals surface area (Å²) in [5.41, 5.74) is 11.1. The van der Waals surface area contributed by atoms with Gasteiger partial charge in [-0.25, -0.2) is 4.98 Å². The Balaban J connectivity index is 1.51. The maximum atomic E-state index is 5.13. The quantitative estimate of drug-likeness (QED) is 0.285. The Morgan fingerprint density at radius 3 is 1.83 bits per heavy atom. The zero-order valence-corrected chi connectivity index (χ0v) is 20.9. The molecule has 4 aromatic carbocycles. The molecule has 36 heavy (non-hydrogen) atoms. The lowest BCUT2D eigenvalue weighted by Crippen LogP contribution is -2.45. The van der Waals surface area contributed by atoms with Crippen molar-refractivity contribution in [1.29, 1.82) is 0 Å². The molecule has 0 radical (unpaired) electrons. The molecular formula is C30H25N5S. The summed E-state index contributed by atoms with van der Waals surface area (Å²) in [6, 6.07) is 37.5. The van der Waals surface area contributed by atoms with Gasteiger partial charge in [0.2, 0.25) is 5.13 Å². The predicted octanol–water partition coefficient (Wildman–Crippen LogP) is 7.20. The molecule has 6 heteroatoms. The number of rotatable bonds is 5. The summed E-state index contributed by atoms with van der Waals surface area (Å²) in [6.45, 7) is 4.14. The molecule has 5 aromatic rings. The molecule has 1 aliphatic heterocycles. The number of aromatic nitrogens is 1.